The van der Waals surface area contributed by atoms with Crippen LogP contribution in [0.1, 0.15) is 46.0 Å². The van der Waals surface area contributed by atoms with Crippen molar-refractivity contribution < 1.29 is 9.53 Å². The smallest absolute Gasteiger partial charge is 0.307 e. The third-order valence-electron chi connectivity index (χ3n) is 2.25. The van der Waals surface area contributed by atoms with Crippen molar-refractivity contribution in [1.82, 2.24) is 0 Å². The molecular weight excluding hydrogens is 152 g/mol. The molecule has 0 bridgehead atoms. The van der Waals surface area contributed by atoms with Gasteiger partial charge < -0.3 is 4.74 Å². The van der Waals surface area contributed by atoms with Gasteiger partial charge in [0.05, 0.1) is 0 Å². The summed E-state index contributed by atoms with van der Waals surface area (Å²) in [5.74, 6) is 0.632. The molecule has 0 radical (unpaired) electrons. The highest BCUT2D eigenvalue weighted by Crippen LogP contribution is 2.25. The summed E-state index contributed by atoms with van der Waals surface area (Å²) in [5.41, 5.74) is 1.33. The van der Waals surface area contributed by atoms with Crippen LogP contribution in [0.5, 0.6) is 0 Å². The Hall–Kier alpha value is -0.790. The van der Waals surface area contributed by atoms with E-state index in [0.717, 1.165) is 18.6 Å². The molecule has 1 aliphatic rings. The highest BCUT2D eigenvalue weighted by molar-refractivity contribution is 5.67. The zero-order chi connectivity index (χ0) is 8.97. The van der Waals surface area contributed by atoms with E-state index in [2.05, 4.69) is 0 Å². The van der Waals surface area contributed by atoms with Crippen molar-refractivity contribution in [2.24, 2.45) is 0 Å². The molecule has 12 heavy (non-hydrogen) atoms. The summed E-state index contributed by atoms with van der Waals surface area (Å²) in [5, 5.41) is 0. The van der Waals surface area contributed by atoms with Crippen LogP contribution in [0.15, 0.2) is 11.3 Å². The molecule has 0 saturated heterocycles. The first-order chi connectivity index (χ1) is 5.70. The number of hydrogen-bond donors (Lipinski definition) is 0. The molecule has 2 nitrogen and oxygen atoms in total. The van der Waals surface area contributed by atoms with Gasteiger partial charge in [-0.1, -0.05) is 6.42 Å². The summed E-state index contributed by atoms with van der Waals surface area (Å²) in [6, 6.07) is 0. The number of allylic oxidation sites excluding steroid dienone is 2. The van der Waals surface area contributed by atoms with Gasteiger partial charge in [0.25, 0.3) is 0 Å². The van der Waals surface area contributed by atoms with Gasteiger partial charge in [0, 0.05) is 6.92 Å². The number of esters is 1. The quantitative estimate of drug-likeness (QED) is 0.444. The SMILES string of the molecule is CC(=O)OC(C)=C1CCCCC1. The van der Waals surface area contributed by atoms with Gasteiger partial charge in [-0.25, -0.2) is 0 Å². The minimum atomic E-state index is -0.203. The molecule has 0 atom stereocenters. The van der Waals surface area contributed by atoms with E-state index in [0.29, 0.717) is 0 Å². The van der Waals surface area contributed by atoms with Gasteiger partial charge in [0.1, 0.15) is 5.76 Å². The first kappa shape index (κ1) is 9.30. The monoisotopic (exact) mass is 168 g/mol. The molecule has 0 unspecified atom stereocenters. The molecule has 1 saturated carbocycles. The second kappa shape index (κ2) is 4.29. The van der Waals surface area contributed by atoms with Crippen LogP contribution in [0.25, 0.3) is 0 Å². The molecule has 0 aromatic carbocycles. The van der Waals surface area contributed by atoms with E-state index >= 15 is 0 Å². The Labute approximate surface area is 73.6 Å². The molecule has 0 amide bonds. The number of carbonyl (C=O) groups is 1. The van der Waals surface area contributed by atoms with E-state index in [1.165, 1.54) is 31.8 Å². The molecule has 2 heteroatoms. The van der Waals surface area contributed by atoms with E-state index in [9.17, 15) is 4.79 Å². The van der Waals surface area contributed by atoms with Gasteiger partial charge in [-0.3, -0.25) is 4.79 Å². The van der Waals surface area contributed by atoms with Crippen LogP contribution in [0, 0.1) is 0 Å². The summed E-state index contributed by atoms with van der Waals surface area (Å²) < 4.78 is 5.03. The van der Waals surface area contributed by atoms with Gasteiger partial charge in [0.15, 0.2) is 0 Å². The van der Waals surface area contributed by atoms with Gasteiger partial charge in [-0.2, -0.15) is 0 Å². The molecule has 1 aliphatic carbocycles. The molecule has 0 N–H and O–H groups in total. The topological polar surface area (TPSA) is 26.3 Å². The van der Waals surface area contributed by atoms with E-state index < -0.39 is 0 Å². The van der Waals surface area contributed by atoms with Crippen molar-refractivity contribution >= 4 is 5.97 Å². The van der Waals surface area contributed by atoms with Crippen molar-refractivity contribution in [1.29, 1.82) is 0 Å². The molecule has 0 spiro atoms. The Morgan fingerprint density at radius 2 is 1.75 bits per heavy atom. The Bertz CT molecular complexity index is 196. The maximum Gasteiger partial charge on any atom is 0.307 e. The van der Waals surface area contributed by atoms with Gasteiger partial charge in [-0.15, -0.1) is 0 Å². The molecule has 0 aromatic rings. The molecular formula is C10H16O2. The predicted molar refractivity (Wildman–Crippen MR) is 47.6 cm³/mol. The standard InChI is InChI=1S/C10H16O2/c1-8(12-9(2)11)10-6-4-3-5-7-10/h3-7H2,1-2H3. The summed E-state index contributed by atoms with van der Waals surface area (Å²) >= 11 is 0. The average Bonchev–Trinajstić information content (AvgIpc) is 2.05. The lowest BCUT2D eigenvalue weighted by molar-refractivity contribution is -0.136. The van der Waals surface area contributed by atoms with E-state index in [4.69, 9.17) is 4.74 Å². The van der Waals surface area contributed by atoms with Crippen molar-refractivity contribution in [2.45, 2.75) is 46.0 Å². The molecule has 68 valence electrons. The van der Waals surface area contributed by atoms with E-state index in [1.54, 1.807) is 0 Å². The third kappa shape index (κ3) is 2.68. The van der Waals surface area contributed by atoms with Crippen LogP contribution in [0.3, 0.4) is 0 Å². The largest absolute Gasteiger partial charge is 0.432 e. The van der Waals surface area contributed by atoms with Gasteiger partial charge >= 0.3 is 5.97 Å². The molecule has 1 fully saturated rings. The maximum atomic E-state index is 10.6. The fourth-order valence-electron chi connectivity index (χ4n) is 1.62. The lowest BCUT2D eigenvalue weighted by atomic mass is 9.94. The normalized spacial score (nSPS) is 17.3. The number of hydrogen-bond acceptors (Lipinski definition) is 2. The Balaban J connectivity index is 2.54. The summed E-state index contributed by atoms with van der Waals surface area (Å²) in [6.07, 6.45) is 6.02. The molecule has 0 aromatic heterocycles. The zero-order valence-corrected chi connectivity index (χ0v) is 7.85. The van der Waals surface area contributed by atoms with Crippen LogP contribution >= 0.6 is 0 Å². The van der Waals surface area contributed by atoms with Gasteiger partial charge in [0.2, 0.25) is 0 Å². The Morgan fingerprint density at radius 3 is 2.25 bits per heavy atom. The zero-order valence-electron chi connectivity index (χ0n) is 7.85. The third-order valence-corrected chi connectivity index (χ3v) is 2.25. The molecule has 0 aliphatic heterocycles. The van der Waals surface area contributed by atoms with Crippen molar-refractivity contribution in [3.8, 4) is 0 Å². The van der Waals surface area contributed by atoms with E-state index in [1.807, 2.05) is 6.92 Å². The van der Waals surface area contributed by atoms with Crippen LogP contribution in [0.2, 0.25) is 0 Å². The van der Waals surface area contributed by atoms with Crippen molar-refractivity contribution in [3.63, 3.8) is 0 Å². The minimum absolute atomic E-state index is 0.203. The lowest BCUT2D eigenvalue weighted by Crippen LogP contribution is -2.02. The highest BCUT2D eigenvalue weighted by atomic mass is 16.5. The Morgan fingerprint density at radius 1 is 1.17 bits per heavy atom. The minimum Gasteiger partial charge on any atom is -0.432 e. The Kier molecular flexibility index (Phi) is 3.32. The van der Waals surface area contributed by atoms with Gasteiger partial charge in [-0.05, 0) is 38.2 Å². The fourth-order valence-corrected chi connectivity index (χ4v) is 1.62. The molecule has 1 rings (SSSR count). The van der Waals surface area contributed by atoms with Crippen LogP contribution < -0.4 is 0 Å². The van der Waals surface area contributed by atoms with Crippen molar-refractivity contribution in [2.75, 3.05) is 0 Å². The predicted octanol–water partition coefficient (Wildman–Crippen LogP) is 2.79. The summed E-state index contributed by atoms with van der Waals surface area (Å²) in [6.45, 7) is 3.34. The lowest BCUT2D eigenvalue weighted by Gasteiger charge is -2.15. The number of ether oxygens (including phenoxy) is 1. The second-order valence-corrected chi connectivity index (χ2v) is 3.31. The highest BCUT2D eigenvalue weighted by Gasteiger charge is 2.10. The first-order valence-electron chi connectivity index (χ1n) is 4.57. The maximum absolute atomic E-state index is 10.6. The summed E-state index contributed by atoms with van der Waals surface area (Å²) in [4.78, 5) is 10.6. The number of carbonyl (C=O) groups excluding carboxylic acids is 1. The van der Waals surface area contributed by atoms with E-state index in [-0.39, 0.29) is 5.97 Å². The fraction of sp³-hybridized carbons (Fsp3) is 0.700. The summed E-state index contributed by atoms with van der Waals surface area (Å²) in [7, 11) is 0. The number of rotatable bonds is 1. The van der Waals surface area contributed by atoms with Crippen LogP contribution in [-0.2, 0) is 9.53 Å². The van der Waals surface area contributed by atoms with Crippen LogP contribution in [-0.4, -0.2) is 5.97 Å². The first-order valence-corrected chi connectivity index (χ1v) is 4.57. The van der Waals surface area contributed by atoms with Crippen LogP contribution in [0.4, 0.5) is 0 Å². The van der Waals surface area contributed by atoms with Crippen molar-refractivity contribution in [3.05, 3.63) is 11.3 Å². The second-order valence-electron chi connectivity index (χ2n) is 3.31. The average molecular weight is 168 g/mol. The molecule has 0 heterocycles.